The minimum atomic E-state index is -0.655. The van der Waals surface area contributed by atoms with Gasteiger partial charge in [0.15, 0.2) is 5.65 Å². The van der Waals surface area contributed by atoms with E-state index in [9.17, 15) is 14.4 Å². The molecule has 8 nitrogen and oxygen atoms in total. The molecule has 0 fully saturated rings. The number of hydrogen-bond acceptors (Lipinski definition) is 6. The van der Waals surface area contributed by atoms with Crippen molar-refractivity contribution in [1.82, 2.24) is 14.9 Å². The first kappa shape index (κ1) is 17.7. The Balaban J connectivity index is 1.55. The summed E-state index contributed by atoms with van der Waals surface area (Å²) in [6.07, 6.45) is 0. The third-order valence-corrected chi connectivity index (χ3v) is 3.66. The molecule has 0 saturated heterocycles. The quantitative estimate of drug-likeness (QED) is 0.681. The summed E-state index contributed by atoms with van der Waals surface area (Å²) in [6.45, 7) is 1.19. The number of aromatic nitrogens is 2. The number of halogens is 1. The Kier molecular flexibility index (Phi) is 5.04. The standard InChI is InChI=1S/C17H14ClN3O5/c1-10-6-14-20-13(7-15(22)21(14)26-10)9-25-16(23)8-19-17(24)11-2-4-12(18)5-3-11/h2-7H,8-9H2,1H3,(H,19,24). The van der Waals surface area contributed by atoms with E-state index in [-0.39, 0.29) is 18.8 Å². The molecule has 0 radical (unpaired) electrons. The van der Waals surface area contributed by atoms with Gasteiger partial charge in [-0.3, -0.25) is 14.4 Å². The van der Waals surface area contributed by atoms with Gasteiger partial charge in [0.25, 0.3) is 11.5 Å². The molecule has 1 N–H and O–H groups in total. The summed E-state index contributed by atoms with van der Waals surface area (Å²) >= 11 is 5.75. The van der Waals surface area contributed by atoms with Crippen molar-refractivity contribution in [3.8, 4) is 0 Å². The predicted octanol–water partition coefficient (Wildman–Crippen LogP) is 1.72. The van der Waals surface area contributed by atoms with E-state index in [2.05, 4.69) is 10.3 Å². The van der Waals surface area contributed by atoms with Crippen LogP contribution in [0, 0.1) is 6.92 Å². The number of ether oxygens (including phenoxy) is 1. The summed E-state index contributed by atoms with van der Waals surface area (Å²) in [7, 11) is 0. The summed E-state index contributed by atoms with van der Waals surface area (Å²) in [5.74, 6) is -0.545. The molecule has 0 spiro atoms. The van der Waals surface area contributed by atoms with Crippen molar-refractivity contribution >= 4 is 29.1 Å². The van der Waals surface area contributed by atoms with E-state index in [1.165, 1.54) is 6.07 Å². The Morgan fingerprint density at radius 2 is 2.00 bits per heavy atom. The van der Waals surface area contributed by atoms with Gasteiger partial charge in [0, 0.05) is 22.7 Å². The highest BCUT2D eigenvalue weighted by Gasteiger charge is 2.11. The van der Waals surface area contributed by atoms with Gasteiger partial charge in [0.1, 0.15) is 18.9 Å². The highest BCUT2D eigenvalue weighted by atomic mass is 35.5. The lowest BCUT2D eigenvalue weighted by Gasteiger charge is -2.06. The molecule has 134 valence electrons. The fourth-order valence-corrected chi connectivity index (χ4v) is 2.33. The zero-order chi connectivity index (χ0) is 18.7. The molecule has 0 unspecified atom stereocenters. The lowest BCUT2D eigenvalue weighted by molar-refractivity contribution is -0.143. The maximum Gasteiger partial charge on any atom is 0.325 e. The van der Waals surface area contributed by atoms with Gasteiger partial charge in [-0.25, -0.2) is 4.98 Å². The molecule has 1 amide bonds. The average Bonchev–Trinajstić information content (AvgIpc) is 2.99. The van der Waals surface area contributed by atoms with Crippen LogP contribution in [0.3, 0.4) is 0 Å². The van der Waals surface area contributed by atoms with Crippen LogP contribution in [0.1, 0.15) is 21.8 Å². The number of hydrogen-bond donors (Lipinski definition) is 1. The zero-order valence-corrected chi connectivity index (χ0v) is 14.4. The Bertz CT molecular complexity index is 1020. The van der Waals surface area contributed by atoms with Crippen molar-refractivity contribution in [3.63, 3.8) is 0 Å². The summed E-state index contributed by atoms with van der Waals surface area (Å²) in [4.78, 5) is 39.7. The first-order valence-electron chi connectivity index (χ1n) is 7.61. The number of carbonyl (C=O) groups excluding carboxylic acids is 2. The molecule has 2 heterocycles. The van der Waals surface area contributed by atoms with Gasteiger partial charge in [-0.2, -0.15) is 0 Å². The van der Waals surface area contributed by atoms with Crippen molar-refractivity contribution in [1.29, 1.82) is 0 Å². The predicted molar refractivity (Wildman–Crippen MR) is 92.0 cm³/mol. The number of amides is 1. The number of nitrogens with one attached hydrogen (secondary N) is 1. The van der Waals surface area contributed by atoms with Gasteiger partial charge in [-0.1, -0.05) is 11.6 Å². The van der Waals surface area contributed by atoms with Crippen molar-refractivity contribution in [2.75, 3.05) is 6.54 Å². The third kappa shape index (κ3) is 4.09. The number of rotatable bonds is 5. The minimum Gasteiger partial charge on any atom is -0.458 e. The third-order valence-electron chi connectivity index (χ3n) is 3.40. The molecule has 3 rings (SSSR count). The van der Waals surface area contributed by atoms with Crippen LogP contribution in [0.15, 0.2) is 45.7 Å². The first-order valence-corrected chi connectivity index (χ1v) is 7.99. The Morgan fingerprint density at radius 1 is 1.27 bits per heavy atom. The van der Waals surface area contributed by atoms with E-state index in [1.54, 1.807) is 37.3 Å². The van der Waals surface area contributed by atoms with E-state index in [4.69, 9.17) is 20.9 Å². The average molecular weight is 376 g/mol. The summed E-state index contributed by atoms with van der Waals surface area (Å²) in [6, 6.07) is 9.05. The Labute approximate surface area is 152 Å². The number of benzene rings is 1. The summed E-state index contributed by atoms with van der Waals surface area (Å²) in [5, 5.41) is 2.95. The van der Waals surface area contributed by atoms with Crippen molar-refractivity contribution in [3.05, 3.63) is 68.8 Å². The number of carbonyl (C=O) groups is 2. The molecular weight excluding hydrogens is 362 g/mol. The van der Waals surface area contributed by atoms with Gasteiger partial charge < -0.3 is 14.6 Å². The number of esters is 1. The van der Waals surface area contributed by atoms with Gasteiger partial charge >= 0.3 is 5.97 Å². The second-order valence-corrected chi connectivity index (χ2v) is 5.87. The highest BCUT2D eigenvalue weighted by molar-refractivity contribution is 6.30. The topological polar surface area (TPSA) is 103 Å². The summed E-state index contributed by atoms with van der Waals surface area (Å²) < 4.78 is 11.2. The zero-order valence-electron chi connectivity index (χ0n) is 13.7. The molecule has 1 aromatic carbocycles. The van der Waals surface area contributed by atoms with E-state index >= 15 is 0 Å². The molecular formula is C17H14ClN3O5. The van der Waals surface area contributed by atoms with Crippen LogP contribution in [0.2, 0.25) is 5.02 Å². The van der Waals surface area contributed by atoms with Crippen LogP contribution in [0.5, 0.6) is 0 Å². The minimum absolute atomic E-state index is 0.189. The van der Waals surface area contributed by atoms with E-state index < -0.39 is 17.4 Å². The number of fused-ring (bicyclic) bond motifs is 1. The van der Waals surface area contributed by atoms with E-state index in [0.717, 1.165) is 4.57 Å². The van der Waals surface area contributed by atoms with Crippen molar-refractivity contribution < 1.29 is 18.8 Å². The van der Waals surface area contributed by atoms with Gasteiger partial charge in [-0.05, 0) is 31.2 Å². The molecule has 0 aliphatic heterocycles. The normalized spacial score (nSPS) is 10.7. The van der Waals surface area contributed by atoms with Crippen LogP contribution in [-0.2, 0) is 16.1 Å². The second-order valence-electron chi connectivity index (χ2n) is 5.43. The monoisotopic (exact) mass is 375 g/mol. The fourth-order valence-electron chi connectivity index (χ4n) is 2.21. The second kappa shape index (κ2) is 7.40. The fraction of sp³-hybridized carbons (Fsp3) is 0.176. The van der Waals surface area contributed by atoms with Crippen LogP contribution in [0.25, 0.3) is 5.65 Å². The highest BCUT2D eigenvalue weighted by Crippen LogP contribution is 2.09. The smallest absolute Gasteiger partial charge is 0.325 e. The summed E-state index contributed by atoms with van der Waals surface area (Å²) in [5.41, 5.74) is 0.577. The lowest BCUT2D eigenvalue weighted by Crippen LogP contribution is -2.30. The molecule has 26 heavy (non-hydrogen) atoms. The SMILES string of the molecule is Cc1cc2nc(COC(=O)CNC(=O)c3ccc(Cl)cc3)cc(=O)n2o1. The molecule has 0 atom stereocenters. The lowest BCUT2D eigenvalue weighted by atomic mass is 10.2. The molecule has 0 saturated carbocycles. The molecule has 0 aliphatic rings. The van der Waals surface area contributed by atoms with Crippen LogP contribution >= 0.6 is 11.6 Å². The van der Waals surface area contributed by atoms with Crippen LogP contribution in [-0.4, -0.2) is 28.0 Å². The van der Waals surface area contributed by atoms with Crippen molar-refractivity contribution in [2.24, 2.45) is 0 Å². The first-order chi connectivity index (χ1) is 12.4. The van der Waals surface area contributed by atoms with E-state index in [1.807, 2.05) is 0 Å². The maximum absolute atomic E-state index is 11.9. The Hall–Kier alpha value is -3.13. The molecule has 0 bridgehead atoms. The Morgan fingerprint density at radius 3 is 2.73 bits per heavy atom. The van der Waals surface area contributed by atoms with Crippen LogP contribution < -0.4 is 10.9 Å². The van der Waals surface area contributed by atoms with Gasteiger partial charge in [0.05, 0.1) is 5.69 Å². The molecule has 3 aromatic rings. The molecule has 2 aromatic heterocycles. The molecule has 0 aliphatic carbocycles. The maximum atomic E-state index is 11.9. The van der Waals surface area contributed by atoms with Gasteiger partial charge in [-0.15, -0.1) is 4.57 Å². The van der Waals surface area contributed by atoms with Crippen molar-refractivity contribution in [2.45, 2.75) is 13.5 Å². The van der Waals surface area contributed by atoms with E-state index in [0.29, 0.717) is 22.0 Å². The van der Waals surface area contributed by atoms with Crippen LogP contribution in [0.4, 0.5) is 0 Å². The molecule has 9 heteroatoms. The number of nitrogens with zero attached hydrogens (tertiary/aromatic N) is 2. The largest absolute Gasteiger partial charge is 0.458 e. The van der Waals surface area contributed by atoms with Gasteiger partial charge in [0.2, 0.25) is 0 Å². The number of aryl methyl sites for hydroxylation is 1.